The van der Waals surface area contributed by atoms with E-state index < -0.39 is 0 Å². The summed E-state index contributed by atoms with van der Waals surface area (Å²) in [5, 5.41) is 12.2. The number of carbonyl (C=O) groups excluding carboxylic acids is 1. The Kier molecular flexibility index (Phi) is 3.36. The van der Waals surface area contributed by atoms with Crippen LogP contribution in [0.1, 0.15) is 31.7 Å². The largest absolute Gasteiger partial charge is 0.508 e. The fourth-order valence-corrected chi connectivity index (χ4v) is 2.01. The molecule has 1 fully saturated rings. The van der Waals surface area contributed by atoms with Crippen molar-refractivity contribution in [3.63, 3.8) is 0 Å². The van der Waals surface area contributed by atoms with E-state index in [-0.39, 0.29) is 17.6 Å². The first-order valence-corrected chi connectivity index (χ1v) is 6.14. The summed E-state index contributed by atoms with van der Waals surface area (Å²) in [4.78, 5) is 11.8. The molecule has 3 nitrogen and oxygen atoms in total. The Hall–Kier alpha value is -1.51. The van der Waals surface area contributed by atoms with Crippen LogP contribution in [0.4, 0.5) is 0 Å². The minimum Gasteiger partial charge on any atom is -0.508 e. The van der Waals surface area contributed by atoms with Crippen molar-refractivity contribution in [1.29, 1.82) is 0 Å². The van der Waals surface area contributed by atoms with Gasteiger partial charge in [0.05, 0.1) is 0 Å². The highest BCUT2D eigenvalue weighted by Crippen LogP contribution is 2.47. The summed E-state index contributed by atoms with van der Waals surface area (Å²) in [6.45, 7) is 4.92. The lowest BCUT2D eigenvalue weighted by Gasteiger charge is -2.07. The standard InChI is InChI=1S/C14H19NO2/c1-9(2)8-15-14(17)13-7-12(13)10-3-5-11(16)6-4-10/h3-6,9,12-13,16H,7-8H2,1-2H3,(H,15,17). The van der Waals surface area contributed by atoms with Gasteiger partial charge in [0, 0.05) is 12.5 Å². The van der Waals surface area contributed by atoms with E-state index >= 15 is 0 Å². The van der Waals surface area contributed by atoms with Gasteiger partial charge >= 0.3 is 0 Å². The molecule has 0 bridgehead atoms. The summed E-state index contributed by atoms with van der Waals surface area (Å²) in [6.07, 6.45) is 0.925. The SMILES string of the molecule is CC(C)CNC(=O)C1CC1c1ccc(O)cc1. The van der Waals surface area contributed by atoms with Crippen LogP contribution in [-0.2, 0) is 4.79 Å². The predicted molar refractivity (Wildman–Crippen MR) is 66.8 cm³/mol. The molecule has 1 aliphatic carbocycles. The molecule has 0 saturated heterocycles. The maximum Gasteiger partial charge on any atom is 0.223 e. The van der Waals surface area contributed by atoms with Crippen molar-refractivity contribution in [3.8, 4) is 5.75 Å². The van der Waals surface area contributed by atoms with Gasteiger partial charge in [-0.25, -0.2) is 0 Å². The second-order valence-electron chi connectivity index (χ2n) is 5.18. The molecule has 2 unspecified atom stereocenters. The molecule has 0 aliphatic heterocycles. The number of rotatable bonds is 4. The van der Waals surface area contributed by atoms with E-state index in [1.165, 1.54) is 0 Å². The third-order valence-corrected chi connectivity index (χ3v) is 3.13. The molecule has 0 radical (unpaired) electrons. The van der Waals surface area contributed by atoms with Crippen molar-refractivity contribution in [2.24, 2.45) is 11.8 Å². The molecule has 1 amide bonds. The Morgan fingerprint density at radius 1 is 1.41 bits per heavy atom. The normalized spacial score (nSPS) is 22.5. The summed E-state index contributed by atoms with van der Waals surface area (Å²) in [5.74, 6) is 1.39. The molecular weight excluding hydrogens is 214 g/mol. The van der Waals surface area contributed by atoms with E-state index in [0.717, 1.165) is 18.5 Å². The van der Waals surface area contributed by atoms with Gasteiger partial charge in [-0.3, -0.25) is 4.79 Å². The van der Waals surface area contributed by atoms with Crippen LogP contribution >= 0.6 is 0 Å². The summed E-state index contributed by atoms with van der Waals surface area (Å²) < 4.78 is 0. The predicted octanol–water partition coefficient (Wildman–Crippen LogP) is 2.27. The number of phenolic OH excluding ortho intramolecular Hbond substituents is 1. The molecule has 2 N–H and O–H groups in total. The van der Waals surface area contributed by atoms with E-state index in [4.69, 9.17) is 0 Å². The lowest BCUT2D eigenvalue weighted by atomic mass is 10.1. The Labute approximate surface area is 102 Å². The quantitative estimate of drug-likeness (QED) is 0.838. The van der Waals surface area contributed by atoms with Gasteiger partial charge < -0.3 is 10.4 Å². The second kappa shape index (κ2) is 4.78. The molecule has 17 heavy (non-hydrogen) atoms. The molecule has 0 aromatic heterocycles. The van der Waals surface area contributed by atoms with Crippen molar-refractivity contribution in [3.05, 3.63) is 29.8 Å². The number of amides is 1. The summed E-state index contributed by atoms with van der Waals surface area (Å²) >= 11 is 0. The Morgan fingerprint density at radius 2 is 2.06 bits per heavy atom. The monoisotopic (exact) mass is 233 g/mol. The van der Waals surface area contributed by atoms with Crippen LogP contribution in [0.5, 0.6) is 5.75 Å². The molecule has 0 heterocycles. The molecule has 0 spiro atoms. The third-order valence-electron chi connectivity index (χ3n) is 3.13. The van der Waals surface area contributed by atoms with Crippen LogP contribution in [0.15, 0.2) is 24.3 Å². The first-order chi connectivity index (χ1) is 8.08. The fourth-order valence-electron chi connectivity index (χ4n) is 2.01. The van der Waals surface area contributed by atoms with Crippen molar-refractivity contribution < 1.29 is 9.90 Å². The lowest BCUT2D eigenvalue weighted by Crippen LogP contribution is -2.28. The van der Waals surface area contributed by atoms with Crippen molar-refractivity contribution >= 4 is 5.91 Å². The average Bonchev–Trinajstić information content (AvgIpc) is 3.07. The number of carbonyl (C=O) groups is 1. The highest BCUT2D eigenvalue weighted by molar-refractivity contribution is 5.82. The molecule has 3 heteroatoms. The van der Waals surface area contributed by atoms with Gasteiger partial charge in [0.2, 0.25) is 5.91 Å². The summed E-state index contributed by atoms with van der Waals surface area (Å²) in [7, 11) is 0. The zero-order chi connectivity index (χ0) is 12.4. The van der Waals surface area contributed by atoms with Gasteiger partial charge in [0.25, 0.3) is 0 Å². The van der Waals surface area contributed by atoms with E-state index in [1.54, 1.807) is 12.1 Å². The number of benzene rings is 1. The molecule has 92 valence electrons. The minimum absolute atomic E-state index is 0.123. The number of phenols is 1. The van der Waals surface area contributed by atoms with Gasteiger partial charge in [-0.05, 0) is 36.0 Å². The van der Waals surface area contributed by atoms with E-state index in [2.05, 4.69) is 19.2 Å². The van der Waals surface area contributed by atoms with E-state index in [1.807, 2.05) is 12.1 Å². The second-order valence-corrected chi connectivity index (χ2v) is 5.18. The van der Waals surface area contributed by atoms with Crippen molar-refractivity contribution in [1.82, 2.24) is 5.32 Å². The van der Waals surface area contributed by atoms with Gasteiger partial charge in [0.1, 0.15) is 5.75 Å². The van der Waals surface area contributed by atoms with Crippen molar-refractivity contribution in [2.45, 2.75) is 26.2 Å². The van der Waals surface area contributed by atoms with Crippen LogP contribution < -0.4 is 5.32 Å². The zero-order valence-electron chi connectivity index (χ0n) is 10.3. The Bertz CT molecular complexity index is 397. The highest BCUT2D eigenvalue weighted by Gasteiger charge is 2.43. The maximum atomic E-state index is 11.8. The first-order valence-electron chi connectivity index (χ1n) is 6.14. The average molecular weight is 233 g/mol. The molecule has 1 aromatic carbocycles. The number of hydrogen-bond acceptors (Lipinski definition) is 2. The van der Waals surface area contributed by atoms with Crippen LogP contribution in [0.25, 0.3) is 0 Å². The van der Waals surface area contributed by atoms with Gasteiger partial charge in [-0.1, -0.05) is 26.0 Å². The lowest BCUT2D eigenvalue weighted by molar-refractivity contribution is -0.122. The molecule has 1 aliphatic rings. The maximum absolute atomic E-state index is 11.8. The zero-order valence-corrected chi connectivity index (χ0v) is 10.3. The smallest absolute Gasteiger partial charge is 0.223 e. The van der Waals surface area contributed by atoms with Crippen LogP contribution in [0.3, 0.4) is 0 Å². The van der Waals surface area contributed by atoms with Crippen LogP contribution in [0, 0.1) is 11.8 Å². The Balaban J connectivity index is 1.87. The summed E-state index contributed by atoms with van der Waals surface area (Å²) in [6, 6.07) is 7.15. The molecule has 1 aromatic rings. The minimum atomic E-state index is 0.123. The van der Waals surface area contributed by atoms with E-state index in [9.17, 15) is 9.90 Å². The van der Waals surface area contributed by atoms with Gasteiger partial charge in [0.15, 0.2) is 0 Å². The Morgan fingerprint density at radius 3 is 2.65 bits per heavy atom. The molecule has 2 atom stereocenters. The molecule has 1 saturated carbocycles. The first kappa shape index (κ1) is 12.0. The topological polar surface area (TPSA) is 49.3 Å². The summed E-state index contributed by atoms with van der Waals surface area (Å²) in [5.41, 5.74) is 1.15. The number of nitrogens with one attached hydrogen (secondary N) is 1. The van der Waals surface area contributed by atoms with Crippen molar-refractivity contribution in [2.75, 3.05) is 6.54 Å². The highest BCUT2D eigenvalue weighted by atomic mass is 16.3. The van der Waals surface area contributed by atoms with Crippen LogP contribution in [0.2, 0.25) is 0 Å². The number of hydrogen-bond donors (Lipinski definition) is 2. The molecule has 2 rings (SSSR count). The van der Waals surface area contributed by atoms with Gasteiger partial charge in [-0.2, -0.15) is 0 Å². The van der Waals surface area contributed by atoms with Crippen LogP contribution in [-0.4, -0.2) is 17.6 Å². The third kappa shape index (κ3) is 2.99. The molecular formula is C14H19NO2. The van der Waals surface area contributed by atoms with Gasteiger partial charge in [-0.15, -0.1) is 0 Å². The number of aromatic hydroxyl groups is 1. The fraction of sp³-hybridized carbons (Fsp3) is 0.500. The van der Waals surface area contributed by atoms with E-state index in [0.29, 0.717) is 11.8 Å².